The van der Waals surface area contributed by atoms with Gasteiger partial charge in [0.2, 0.25) is 5.88 Å². The van der Waals surface area contributed by atoms with Gasteiger partial charge >= 0.3 is 0 Å². The van der Waals surface area contributed by atoms with Crippen LogP contribution >= 0.6 is 11.6 Å². The van der Waals surface area contributed by atoms with Crippen molar-refractivity contribution in [2.75, 3.05) is 5.43 Å². The van der Waals surface area contributed by atoms with Gasteiger partial charge in [0, 0.05) is 16.5 Å². The Kier molecular flexibility index (Phi) is 4.98. The Balaban J connectivity index is 2.27. The first kappa shape index (κ1) is 15.5. The molecular weight excluding hydrogens is 288 g/mol. The van der Waals surface area contributed by atoms with Crippen molar-refractivity contribution in [2.45, 2.75) is 33.3 Å². The molecule has 0 spiro atoms. The first-order valence-corrected chi connectivity index (χ1v) is 7.12. The van der Waals surface area contributed by atoms with Gasteiger partial charge in [-0.25, -0.2) is 10.8 Å². The molecule has 0 fully saturated rings. The highest BCUT2D eigenvalue weighted by molar-refractivity contribution is 6.31. The normalized spacial score (nSPS) is 10.8. The number of nitrogens with two attached hydrogens (primary N) is 1. The quantitative estimate of drug-likeness (QED) is 0.654. The number of hydrogen-bond donors (Lipinski definition) is 2. The predicted octanol–water partition coefficient (Wildman–Crippen LogP) is 3.43. The number of nitrogens with one attached hydrogen (secondary N) is 1. The Labute approximate surface area is 129 Å². The lowest BCUT2D eigenvalue weighted by atomic mass is 10.2. The maximum absolute atomic E-state index is 6.13. The Morgan fingerprint density at radius 2 is 2.00 bits per heavy atom. The van der Waals surface area contributed by atoms with Crippen LogP contribution in [0.25, 0.3) is 0 Å². The molecule has 0 saturated carbocycles. The summed E-state index contributed by atoms with van der Waals surface area (Å²) in [5.74, 6) is 7.45. The van der Waals surface area contributed by atoms with Gasteiger partial charge in [0.1, 0.15) is 18.2 Å². The third kappa shape index (κ3) is 3.62. The van der Waals surface area contributed by atoms with E-state index in [2.05, 4.69) is 15.4 Å². The van der Waals surface area contributed by atoms with Crippen molar-refractivity contribution in [3.63, 3.8) is 0 Å². The number of anilines is 1. The topological polar surface area (TPSA) is 73.1 Å². The minimum atomic E-state index is 0.181. The second kappa shape index (κ2) is 6.74. The molecule has 1 heterocycles. The molecule has 2 rings (SSSR count). The van der Waals surface area contributed by atoms with Gasteiger partial charge < -0.3 is 10.2 Å². The summed E-state index contributed by atoms with van der Waals surface area (Å²) in [4.78, 5) is 8.82. The first-order valence-electron chi connectivity index (χ1n) is 6.74. The largest absolute Gasteiger partial charge is 0.472 e. The zero-order valence-electron chi connectivity index (χ0n) is 12.4. The van der Waals surface area contributed by atoms with E-state index in [1.54, 1.807) is 0 Å². The zero-order valence-corrected chi connectivity index (χ0v) is 13.1. The van der Waals surface area contributed by atoms with Crippen molar-refractivity contribution in [1.29, 1.82) is 0 Å². The standard InChI is InChI=1S/C15H19ClN4O/c1-9(2)13-18-14(20-17)10(3)15(19-13)21-8-11-6-4-5-7-12(11)16/h4-7,9H,8,17H2,1-3H3,(H,18,19,20). The molecule has 0 aliphatic heterocycles. The molecule has 5 nitrogen and oxygen atoms in total. The van der Waals surface area contributed by atoms with E-state index < -0.39 is 0 Å². The van der Waals surface area contributed by atoms with E-state index in [1.165, 1.54) is 0 Å². The van der Waals surface area contributed by atoms with Gasteiger partial charge in [-0.05, 0) is 13.0 Å². The second-order valence-corrected chi connectivity index (χ2v) is 5.45. The summed E-state index contributed by atoms with van der Waals surface area (Å²) >= 11 is 6.13. The fourth-order valence-electron chi connectivity index (χ4n) is 1.81. The van der Waals surface area contributed by atoms with Crippen LogP contribution in [0.3, 0.4) is 0 Å². The molecule has 1 aromatic carbocycles. The van der Waals surface area contributed by atoms with Crippen LogP contribution in [0.4, 0.5) is 5.82 Å². The predicted molar refractivity (Wildman–Crippen MR) is 84.5 cm³/mol. The first-order chi connectivity index (χ1) is 10.0. The van der Waals surface area contributed by atoms with Gasteiger partial charge in [-0.15, -0.1) is 0 Å². The van der Waals surface area contributed by atoms with Gasteiger partial charge in [0.25, 0.3) is 0 Å². The summed E-state index contributed by atoms with van der Waals surface area (Å²) in [5, 5.41) is 0.672. The van der Waals surface area contributed by atoms with Crippen LogP contribution in [0.5, 0.6) is 5.88 Å². The number of ether oxygens (including phenoxy) is 1. The zero-order chi connectivity index (χ0) is 15.4. The minimum Gasteiger partial charge on any atom is -0.472 e. The van der Waals surface area contributed by atoms with Gasteiger partial charge in [-0.2, -0.15) is 4.98 Å². The smallest absolute Gasteiger partial charge is 0.222 e. The molecule has 0 atom stereocenters. The Hall–Kier alpha value is -1.85. The third-order valence-electron chi connectivity index (χ3n) is 3.09. The summed E-state index contributed by atoms with van der Waals surface area (Å²) in [6, 6.07) is 7.56. The second-order valence-electron chi connectivity index (χ2n) is 5.04. The van der Waals surface area contributed by atoms with Crippen LogP contribution in [0.15, 0.2) is 24.3 Å². The van der Waals surface area contributed by atoms with Crippen molar-refractivity contribution >= 4 is 17.4 Å². The molecule has 112 valence electrons. The number of aromatic nitrogens is 2. The van der Waals surface area contributed by atoms with Crippen LogP contribution in [0, 0.1) is 6.92 Å². The summed E-state index contributed by atoms with van der Waals surface area (Å²) in [5.41, 5.74) is 4.26. The molecule has 3 N–H and O–H groups in total. The fraction of sp³-hybridized carbons (Fsp3) is 0.333. The molecule has 0 aliphatic rings. The highest BCUT2D eigenvalue weighted by atomic mass is 35.5. The summed E-state index contributed by atoms with van der Waals surface area (Å²) < 4.78 is 5.81. The highest BCUT2D eigenvalue weighted by Gasteiger charge is 2.14. The maximum Gasteiger partial charge on any atom is 0.222 e. The van der Waals surface area contributed by atoms with Gasteiger partial charge in [0.05, 0.1) is 5.56 Å². The Morgan fingerprint density at radius 3 is 2.62 bits per heavy atom. The van der Waals surface area contributed by atoms with E-state index in [0.717, 1.165) is 11.1 Å². The average Bonchev–Trinajstić information content (AvgIpc) is 2.47. The van der Waals surface area contributed by atoms with Gasteiger partial charge in [0.15, 0.2) is 0 Å². The minimum absolute atomic E-state index is 0.181. The lowest BCUT2D eigenvalue weighted by Crippen LogP contribution is -2.14. The highest BCUT2D eigenvalue weighted by Crippen LogP contribution is 2.26. The molecule has 0 radical (unpaired) electrons. The SMILES string of the molecule is Cc1c(NN)nc(C(C)C)nc1OCc1ccccc1Cl. The van der Waals surface area contributed by atoms with Gasteiger partial charge in [-0.1, -0.05) is 43.6 Å². The van der Waals surface area contributed by atoms with E-state index in [0.29, 0.717) is 29.2 Å². The summed E-state index contributed by atoms with van der Waals surface area (Å²) in [6.45, 7) is 6.24. The molecule has 1 aromatic heterocycles. The average molecular weight is 307 g/mol. The number of hydrazine groups is 1. The van der Waals surface area contributed by atoms with Crippen molar-refractivity contribution in [2.24, 2.45) is 5.84 Å². The number of rotatable bonds is 5. The van der Waals surface area contributed by atoms with Crippen LogP contribution in [-0.4, -0.2) is 9.97 Å². The fourth-order valence-corrected chi connectivity index (χ4v) is 2.00. The Bertz CT molecular complexity index is 631. The number of nitrogens with zero attached hydrogens (tertiary/aromatic N) is 2. The van der Waals surface area contributed by atoms with Crippen LogP contribution in [-0.2, 0) is 6.61 Å². The van der Waals surface area contributed by atoms with Crippen LogP contribution in [0.2, 0.25) is 5.02 Å². The van der Waals surface area contributed by atoms with E-state index in [1.807, 2.05) is 45.0 Å². The van der Waals surface area contributed by atoms with Crippen molar-refractivity contribution in [3.8, 4) is 5.88 Å². The lowest BCUT2D eigenvalue weighted by Gasteiger charge is -2.14. The van der Waals surface area contributed by atoms with E-state index in [-0.39, 0.29) is 5.92 Å². The van der Waals surface area contributed by atoms with Crippen molar-refractivity contribution < 1.29 is 4.74 Å². The number of benzene rings is 1. The van der Waals surface area contributed by atoms with Crippen molar-refractivity contribution in [1.82, 2.24) is 9.97 Å². The molecule has 0 amide bonds. The van der Waals surface area contributed by atoms with Crippen LogP contribution in [0.1, 0.15) is 36.7 Å². The molecule has 2 aromatic rings. The number of hydrogen-bond acceptors (Lipinski definition) is 5. The molecule has 0 saturated heterocycles. The molecule has 0 unspecified atom stereocenters. The summed E-state index contributed by atoms with van der Waals surface area (Å²) in [6.07, 6.45) is 0. The summed E-state index contributed by atoms with van der Waals surface area (Å²) in [7, 11) is 0. The van der Waals surface area contributed by atoms with Gasteiger partial charge in [-0.3, -0.25) is 0 Å². The van der Waals surface area contributed by atoms with Crippen LogP contribution < -0.4 is 16.0 Å². The molecule has 0 bridgehead atoms. The molecular formula is C15H19ClN4O. The monoisotopic (exact) mass is 306 g/mol. The third-order valence-corrected chi connectivity index (χ3v) is 3.46. The number of halogens is 1. The molecule has 6 heteroatoms. The van der Waals surface area contributed by atoms with E-state index in [9.17, 15) is 0 Å². The molecule has 0 aliphatic carbocycles. The van der Waals surface area contributed by atoms with E-state index >= 15 is 0 Å². The lowest BCUT2D eigenvalue weighted by molar-refractivity contribution is 0.289. The molecule has 21 heavy (non-hydrogen) atoms. The van der Waals surface area contributed by atoms with E-state index in [4.69, 9.17) is 22.2 Å². The number of nitrogen functional groups attached to an aromatic ring is 1. The maximum atomic E-state index is 6.13. The van der Waals surface area contributed by atoms with Crippen molar-refractivity contribution in [3.05, 3.63) is 46.2 Å². The Morgan fingerprint density at radius 1 is 1.29 bits per heavy atom.